The lowest BCUT2D eigenvalue weighted by Crippen LogP contribution is -2.58. The van der Waals surface area contributed by atoms with E-state index in [9.17, 15) is 27.2 Å². The molecule has 29 heavy (non-hydrogen) atoms. The zero-order valence-corrected chi connectivity index (χ0v) is 16.5. The first kappa shape index (κ1) is 21.7. The number of benzene rings is 1. The second kappa shape index (κ2) is 8.77. The van der Waals surface area contributed by atoms with Crippen molar-refractivity contribution >= 4 is 23.5 Å². The lowest BCUT2D eigenvalue weighted by atomic mass is 9.90. The first-order valence-electron chi connectivity index (χ1n) is 9.47. The molecule has 0 spiro atoms. The van der Waals surface area contributed by atoms with Crippen molar-refractivity contribution in [1.82, 2.24) is 15.5 Å². The number of piperazine rings is 1. The summed E-state index contributed by atoms with van der Waals surface area (Å²) in [6.07, 6.45) is -1.82. The Morgan fingerprint density at radius 3 is 2.62 bits per heavy atom. The lowest BCUT2D eigenvalue weighted by molar-refractivity contribution is -0.126. The largest absolute Gasteiger partial charge is 0.353 e. The van der Waals surface area contributed by atoms with Crippen molar-refractivity contribution in [1.29, 1.82) is 0 Å². The molecular formula is C19H22ClF4N3O2. The SMILES string of the molecule is C[C@@H]1C(=O)NCCN1C(=O)NC(c1ccc(F)c(Cl)c1F)[C@@H]1CC[C@@H](C(F)F)C1. The van der Waals surface area contributed by atoms with Crippen LogP contribution < -0.4 is 10.6 Å². The van der Waals surface area contributed by atoms with Crippen molar-refractivity contribution < 1.29 is 27.2 Å². The highest BCUT2D eigenvalue weighted by Crippen LogP contribution is 2.43. The molecule has 1 unspecified atom stereocenters. The van der Waals surface area contributed by atoms with Crippen LogP contribution in [0.1, 0.15) is 37.8 Å². The van der Waals surface area contributed by atoms with Crippen molar-refractivity contribution in [2.45, 2.75) is 44.7 Å². The average molecular weight is 436 g/mol. The van der Waals surface area contributed by atoms with Gasteiger partial charge < -0.3 is 15.5 Å². The van der Waals surface area contributed by atoms with Crippen LogP contribution in [0.2, 0.25) is 5.02 Å². The lowest BCUT2D eigenvalue weighted by Gasteiger charge is -2.35. The number of hydrogen-bond acceptors (Lipinski definition) is 2. The van der Waals surface area contributed by atoms with Crippen molar-refractivity contribution in [3.8, 4) is 0 Å². The topological polar surface area (TPSA) is 61.4 Å². The highest BCUT2D eigenvalue weighted by molar-refractivity contribution is 6.31. The number of alkyl halides is 2. The van der Waals surface area contributed by atoms with Gasteiger partial charge in [-0.25, -0.2) is 22.4 Å². The van der Waals surface area contributed by atoms with Gasteiger partial charge in [-0.2, -0.15) is 0 Å². The predicted octanol–water partition coefficient (Wildman–Crippen LogP) is 3.87. The maximum Gasteiger partial charge on any atom is 0.318 e. The molecule has 2 fully saturated rings. The van der Waals surface area contributed by atoms with Gasteiger partial charge in [0.25, 0.3) is 0 Å². The average Bonchev–Trinajstić information content (AvgIpc) is 3.17. The number of rotatable bonds is 4. The van der Waals surface area contributed by atoms with Crippen LogP contribution in [0.15, 0.2) is 12.1 Å². The van der Waals surface area contributed by atoms with Crippen LogP contribution in [-0.4, -0.2) is 42.4 Å². The van der Waals surface area contributed by atoms with Crippen LogP contribution in [-0.2, 0) is 4.79 Å². The van der Waals surface area contributed by atoms with E-state index < -0.39 is 53.0 Å². The normalized spacial score (nSPS) is 25.8. The third-order valence-corrected chi connectivity index (χ3v) is 6.13. The number of carbonyl (C=O) groups excluding carboxylic acids is 2. The van der Waals surface area contributed by atoms with E-state index in [0.717, 1.165) is 6.07 Å². The van der Waals surface area contributed by atoms with E-state index in [4.69, 9.17) is 11.6 Å². The van der Waals surface area contributed by atoms with Gasteiger partial charge in [0.2, 0.25) is 12.3 Å². The first-order chi connectivity index (χ1) is 13.7. The summed E-state index contributed by atoms with van der Waals surface area (Å²) in [6.45, 7) is 2.08. The van der Waals surface area contributed by atoms with Gasteiger partial charge in [-0.1, -0.05) is 17.7 Å². The Morgan fingerprint density at radius 1 is 1.28 bits per heavy atom. The summed E-state index contributed by atoms with van der Waals surface area (Å²) in [6, 6.07) is -0.164. The molecule has 0 aromatic heterocycles. The van der Waals surface area contributed by atoms with Crippen molar-refractivity contribution in [3.05, 3.63) is 34.4 Å². The minimum absolute atomic E-state index is 0.0567. The molecule has 0 bridgehead atoms. The Hall–Kier alpha value is -2.03. The van der Waals surface area contributed by atoms with E-state index >= 15 is 0 Å². The molecule has 1 aliphatic carbocycles. The first-order valence-corrected chi connectivity index (χ1v) is 9.84. The Morgan fingerprint density at radius 2 is 1.97 bits per heavy atom. The second-order valence-electron chi connectivity index (χ2n) is 7.52. The van der Waals surface area contributed by atoms with Gasteiger partial charge in [-0.15, -0.1) is 0 Å². The monoisotopic (exact) mass is 435 g/mol. The molecule has 160 valence electrons. The van der Waals surface area contributed by atoms with Crippen LogP contribution in [0.5, 0.6) is 0 Å². The molecule has 1 saturated heterocycles. The molecule has 1 aromatic carbocycles. The van der Waals surface area contributed by atoms with Crippen LogP contribution >= 0.6 is 11.6 Å². The van der Waals surface area contributed by atoms with Gasteiger partial charge in [0.05, 0.1) is 6.04 Å². The van der Waals surface area contributed by atoms with E-state index in [1.165, 1.54) is 11.0 Å². The Bertz CT molecular complexity index is 795. The van der Waals surface area contributed by atoms with Crippen LogP contribution in [0, 0.1) is 23.5 Å². The minimum Gasteiger partial charge on any atom is -0.353 e. The molecule has 2 aliphatic rings. The summed E-state index contributed by atoms with van der Waals surface area (Å²) < 4.78 is 54.6. The predicted molar refractivity (Wildman–Crippen MR) is 98.7 cm³/mol. The van der Waals surface area contributed by atoms with Gasteiger partial charge in [-0.3, -0.25) is 4.79 Å². The summed E-state index contributed by atoms with van der Waals surface area (Å²) in [5.74, 6) is -3.61. The fourth-order valence-corrected chi connectivity index (χ4v) is 4.26. The van der Waals surface area contributed by atoms with E-state index in [-0.39, 0.29) is 37.4 Å². The number of carbonyl (C=O) groups is 2. The Labute approximate surface area is 170 Å². The Kier molecular flexibility index (Phi) is 6.55. The molecule has 3 rings (SSSR count). The molecule has 1 heterocycles. The number of halogens is 5. The van der Waals surface area contributed by atoms with Crippen LogP contribution in [0.3, 0.4) is 0 Å². The summed E-state index contributed by atoms with van der Waals surface area (Å²) in [5, 5.41) is 4.61. The minimum atomic E-state index is -2.51. The fourth-order valence-electron chi connectivity index (χ4n) is 4.09. The summed E-state index contributed by atoms with van der Waals surface area (Å²) in [4.78, 5) is 26.0. The van der Waals surface area contributed by atoms with Gasteiger partial charge in [0.1, 0.15) is 22.7 Å². The standard InChI is InChI=1S/C19H22ClF4N3O2/c1-9-18(28)25-6-7-27(9)19(29)26-16(10-2-3-11(8-10)17(23)24)12-4-5-13(21)14(20)15(12)22/h4-5,9-11,16-17H,2-3,6-8H2,1H3,(H,25,28)(H,26,29)/t9-,10-,11-,16?/m1/s1. The van der Waals surface area contributed by atoms with Gasteiger partial charge >= 0.3 is 6.03 Å². The molecule has 5 nitrogen and oxygen atoms in total. The highest BCUT2D eigenvalue weighted by atomic mass is 35.5. The molecule has 10 heteroatoms. The molecule has 1 aromatic rings. The molecular weight excluding hydrogens is 414 g/mol. The number of nitrogens with one attached hydrogen (secondary N) is 2. The third-order valence-electron chi connectivity index (χ3n) is 5.78. The molecule has 0 radical (unpaired) electrons. The molecule has 3 amide bonds. The molecule has 4 atom stereocenters. The van der Waals surface area contributed by atoms with Gasteiger partial charge in [-0.05, 0) is 38.2 Å². The smallest absolute Gasteiger partial charge is 0.318 e. The van der Waals surface area contributed by atoms with Crippen molar-refractivity contribution in [3.63, 3.8) is 0 Å². The molecule has 2 N–H and O–H groups in total. The third kappa shape index (κ3) is 4.44. The fraction of sp³-hybridized carbons (Fsp3) is 0.579. The maximum absolute atomic E-state index is 14.7. The van der Waals surface area contributed by atoms with Crippen molar-refractivity contribution in [2.24, 2.45) is 11.8 Å². The van der Waals surface area contributed by atoms with E-state index in [0.29, 0.717) is 6.42 Å². The number of nitrogens with zero attached hydrogens (tertiary/aromatic N) is 1. The summed E-state index contributed by atoms with van der Waals surface area (Å²) in [5.41, 5.74) is -0.0567. The maximum atomic E-state index is 14.7. The number of amides is 3. The van der Waals surface area contributed by atoms with Gasteiger partial charge in [0.15, 0.2) is 0 Å². The van der Waals surface area contributed by atoms with Crippen LogP contribution in [0.4, 0.5) is 22.4 Å². The zero-order valence-electron chi connectivity index (χ0n) is 15.7. The van der Waals surface area contributed by atoms with E-state index in [1.54, 1.807) is 6.92 Å². The highest BCUT2D eigenvalue weighted by Gasteiger charge is 2.39. The molecule has 1 saturated carbocycles. The summed E-state index contributed by atoms with van der Waals surface area (Å²) in [7, 11) is 0. The quantitative estimate of drug-likeness (QED) is 0.557. The van der Waals surface area contributed by atoms with Crippen molar-refractivity contribution in [2.75, 3.05) is 13.1 Å². The molecule has 1 aliphatic heterocycles. The van der Waals surface area contributed by atoms with E-state index in [2.05, 4.69) is 10.6 Å². The number of urea groups is 1. The Balaban J connectivity index is 1.88. The second-order valence-corrected chi connectivity index (χ2v) is 7.90. The van der Waals surface area contributed by atoms with Crippen LogP contribution in [0.25, 0.3) is 0 Å². The van der Waals surface area contributed by atoms with Gasteiger partial charge in [0, 0.05) is 24.6 Å². The zero-order chi connectivity index (χ0) is 21.3. The van der Waals surface area contributed by atoms with E-state index in [1.807, 2.05) is 0 Å². The number of hydrogen-bond donors (Lipinski definition) is 2. The summed E-state index contributed by atoms with van der Waals surface area (Å²) >= 11 is 5.69.